The maximum atomic E-state index is 12.0. The van der Waals surface area contributed by atoms with Crippen molar-refractivity contribution in [3.05, 3.63) is 54.0 Å². The summed E-state index contributed by atoms with van der Waals surface area (Å²) in [6.45, 7) is 2.44. The summed E-state index contributed by atoms with van der Waals surface area (Å²) in [6.07, 6.45) is 2.34. The number of rotatable bonds is 7. The van der Waals surface area contributed by atoms with Gasteiger partial charge >= 0.3 is 0 Å². The Bertz CT molecular complexity index is 577. The average Bonchev–Trinajstić information content (AvgIpc) is 3.02. The molecule has 1 unspecified atom stereocenters. The van der Waals surface area contributed by atoms with Gasteiger partial charge in [0.2, 0.25) is 5.78 Å². The number of furan rings is 1. The summed E-state index contributed by atoms with van der Waals surface area (Å²) in [5.41, 5.74) is 1.14. The van der Waals surface area contributed by atoms with E-state index in [1.165, 1.54) is 6.26 Å². The van der Waals surface area contributed by atoms with Crippen molar-refractivity contribution >= 4 is 5.78 Å². The largest absolute Gasteiger partial charge is 0.496 e. The number of nitrogens with zero attached hydrogens (tertiary/aromatic N) is 1. The van der Waals surface area contributed by atoms with Gasteiger partial charge in [0.15, 0.2) is 5.76 Å². The minimum atomic E-state index is -0.00521. The molecule has 0 bridgehead atoms. The number of likely N-dealkylation sites (N-methyl/N-ethyl adjacent to an activating group) is 1. The molecular formula is C17H21NO3. The zero-order chi connectivity index (χ0) is 15.2. The van der Waals surface area contributed by atoms with Gasteiger partial charge in [-0.2, -0.15) is 0 Å². The van der Waals surface area contributed by atoms with Gasteiger partial charge in [0.25, 0.3) is 0 Å². The first kappa shape index (κ1) is 15.3. The van der Waals surface area contributed by atoms with Crippen LogP contribution in [-0.4, -0.2) is 37.4 Å². The molecule has 0 radical (unpaired) electrons. The van der Waals surface area contributed by atoms with Crippen molar-refractivity contribution in [3.63, 3.8) is 0 Å². The summed E-state index contributed by atoms with van der Waals surface area (Å²) in [4.78, 5) is 14.1. The second-order valence-electron chi connectivity index (χ2n) is 5.18. The minimum Gasteiger partial charge on any atom is -0.496 e. The third kappa shape index (κ3) is 3.95. The second kappa shape index (κ2) is 7.09. The molecule has 0 aliphatic heterocycles. The number of ketones is 1. The van der Waals surface area contributed by atoms with Crippen molar-refractivity contribution in [2.45, 2.75) is 19.4 Å². The molecule has 0 fully saturated rings. The average molecular weight is 287 g/mol. The van der Waals surface area contributed by atoms with Crippen LogP contribution in [0.3, 0.4) is 0 Å². The quantitative estimate of drug-likeness (QED) is 0.734. The van der Waals surface area contributed by atoms with Gasteiger partial charge in [-0.3, -0.25) is 9.69 Å². The third-order valence-electron chi connectivity index (χ3n) is 3.65. The molecule has 0 saturated carbocycles. The van der Waals surface area contributed by atoms with Gasteiger partial charge in [-0.05, 0) is 44.2 Å². The van der Waals surface area contributed by atoms with E-state index in [-0.39, 0.29) is 11.8 Å². The highest BCUT2D eigenvalue weighted by molar-refractivity contribution is 5.94. The first-order valence-electron chi connectivity index (χ1n) is 7.00. The number of ether oxygens (including phenoxy) is 1. The molecule has 0 amide bonds. The molecule has 1 aromatic carbocycles. The lowest BCUT2D eigenvalue weighted by molar-refractivity contribution is 0.0897. The molecule has 0 N–H and O–H groups in total. The van der Waals surface area contributed by atoms with Crippen LogP contribution in [0.5, 0.6) is 5.75 Å². The fourth-order valence-electron chi connectivity index (χ4n) is 2.24. The summed E-state index contributed by atoms with van der Waals surface area (Å²) >= 11 is 0. The topological polar surface area (TPSA) is 42.7 Å². The molecule has 4 nitrogen and oxygen atoms in total. The van der Waals surface area contributed by atoms with Crippen molar-refractivity contribution in [2.24, 2.45) is 0 Å². The van der Waals surface area contributed by atoms with Gasteiger partial charge in [0, 0.05) is 6.04 Å². The molecule has 4 heteroatoms. The van der Waals surface area contributed by atoms with Gasteiger partial charge in [-0.15, -0.1) is 0 Å². The van der Waals surface area contributed by atoms with Crippen molar-refractivity contribution in [3.8, 4) is 5.75 Å². The Morgan fingerprint density at radius 3 is 2.71 bits per heavy atom. The molecule has 2 rings (SSSR count). The van der Waals surface area contributed by atoms with Gasteiger partial charge in [0.1, 0.15) is 5.75 Å². The van der Waals surface area contributed by atoms with Crippen molar-refractivity contribution < 1.29 is 13.9 Å². The van der Waals surface area contributed by atoms with E-state index in [2.05, 4.69) is 13.0 Å². The van der Waals surface area contributed by atoms with E-state index >= 15 is 0 Å². The molecule has 0 aliphatic carbocycles. The molecule has 0 spiro atoms. The standard InChI is InChI=1S/C17H21NO3/c1-13(11-14-7-4-5-8-16(14)20-3)18(2)12-15(19)17-9-6-10-21-17/h4-10,13H,11-12H2,1-3H3. The molecule has 1 atom stereocenters. The molecule has 2 aromatic rings. The van der Waals surface area contributed by atoms with Crippen molar-refractivity contribution in [1.29, 1.82) is 0 Å². The SMILES string of the molecule is COc1ccccc1CC(C)N(C)CC(=O)c1ccco1. The summed E-state index contributed by atoms with van der Waals surface area (Å²) in [5, 5.41) is 0. The smallest absolute Gasteiger partial charge is 0.211 e. The van der Waals surface area contributed by atoms with E-state index in [1.807, 2.05) is 30.1 Å². The number of carbonyl (C=O) groups is 1. The first-order valence-corrected chi connectivity index (χ1v) is 7.00. The number of para-hydroxylation sites is 1. The minimum absolute atomic E-state index is 0.00521. The van der Waals surface area contributed by atoms with Crippen LogP contribution in [0.25, 0.3) is 0 Å². The van der Waals surface area contributed by atoms with Crippen LogP contribution in [0.4, 0.5) is 0 Å². The number of carbonyl (C=O) groups excluding carboxylic acids is 1. The lowest BCUT2D eigenvalue weighted by Crippen LogP contribution is -2.35. The van der Waals surface area contributed by atoms with Gasteiger partial charge < -0.3 is 9.15 Å². The predicted molar refractivity (Wildman–Crippen MR) is 81.8 cm³/mol. The van der Waals surface area contributed by atoms with E-state index in [4.69, 9.17) is 9.15 Å². The zero-order valence-corrected chi connectivity index (χ0v) is 12.7. The Morgan fingerprint density at radius 2 is 2.05 bits per heavy atom. The van der Waals surface area contributed by atoms with Crippen LogP contribution in [0.15, 0.2) is 47.1 Å². The lowest BCUT2D eigenvalue weighted by atomic mass is 10.0. The van der Waals surface area contributed by atoms with Crippen LogP contribution in [-0.2, 0) is 6.42 Å². The molecule has 0 aliphatic rings. The van der Waals surface area contributed by atoms with Crippen molar-refractivity contribution in [2.75, 3.05) is 20.7 Å². The first-order chi connectivity index (χ1) is 10.1. The van der Waals surface area contributed by atoms with Crippen LogP contribution < -0.4 is 4.74 Å². The highest BCUT2D eigenvalue weighted by Crippen LogP contribution is 2.20. The summed E-state index contributed by atoms with van der Waals surface area (Å²) < 4.78 is 10.5. The Morgan fingerprint density at radius 1 is 1.29 bits per heavy atom. The number of methoxy groups -OCH3 is 1. The number of hydrogen-bond acceptors (Lipinski definition) is 4. The van der Waals surface area contributed by atoms with Crippen LogP contribution in [0, 0.1) is 0 Å². The summed E-state index contributed by atoms with van der Waals surface area (Å²) in [7, 11) is 3.62. The molecule has 1 heterocycles. The number of hydrogen-bond donors (Lipinski definition) is 0. The van der Waals surface area contributed by atoms with E-state index in [0.717, 1.165) is 17.7 Å². The lowest BCUT2D eigenvalue weighted by Gasteiger charge is -2.24. The van der Waals surface area contributed by atoms with Crippen LogP contribution in [0.1, 0.15) is 23.0 Å². The monoisotopic (exact) mass is 287 g/mol. The van der Waals surface area contributed by atoms with Gasteiger partial charge in [-0.25, -0.2) is 0 Å². The highest BCUT2D eigenvalue weighted by Gasteiger charge is 2.17. The number of Topliss-reactive ketones (excluding diaryl/α,β-unsaturated/α-hetero) is 1. The molecule has 21 heavy (non-hydrogen) atoms. The zero-order valence-electron chi connectivity index (χ0n) is 12.7. The predicted octanol–water partition coefficient (Wildman–Crippen LogP) is 3.03. The van der Waals surface area contributed by atoms with Crippen LogP contribution >= 0.6 is 0 Å². The van der Waals surface area contributed by atoms with E-state index in [9.17, 15) is 4.79 Å². The van der Waals surface area contributed by atoms with Crippen molar-refractivity contribution in [1.82, 2.24) is 4.90 Å². The Kier molecular flexibility index (Phi) is 5.17. The maximum Gasteiger partial charge on any atom is 0.211 e. The number of benzene rings is 1. The summed E-state index contributed by atoms with van der Waals surface area (Å²) in [6, 6.07) is 11.6. The van der Waals surface area contributed by atoms with E-state index < -0.39 is 0 Å². The third-order valence-corrected chi connectivity index (χ3v) is 3.65. The molecule has 112 valence electrons. The Balaban J connectivity index is 1.96. The molecule has 1 aromatic heterocycles. The van der Waals surface area contributed by atoms with Gasteiger partial charge in [-0.1, -0.05) is 18.2 Å². The Hall–Kier alpha value is -2.07. The fraction of sp³-hybridized carbons (Fsp3) is 0.353. The highest BCUT2D eigenvalue weighted by atomic mass is 16.5. The summed E-state index contributed by atoms with van der Waals surface area (Å²) in [5.74, 6) is 1.29. The van der Waals surface area contributed by atoms with E-state index in [0.29, 0.717) is 12.3 Å². The maximum absolute atomic E-state index is 12.0. The Labute approximate surface area is 125 Å². The fourth-order valence-corrected chi connectivity index (χ4v) is 2.24. The second-order valence-corrected chi connectivity index (χ2v) is 5.18. The van der Waals surface area contributed by atoms with Crippen LogP contribution in [0.2, 0.25) is 0 Å². The molecule has 0 saturated heterocycles. The van der Waals surface area contributed by atoms with Gasteiger partial charge in [0.05, 0.1) is 19.9 Å². The normalized spacial score (nSPS) is 12.4. The van der Waals surface area contributed by atoms with E-state index in [1.54, 1.807) is 19.2 Å². The molecular weight excluding hydrogens is 266 g/mol.